The highest BCUT2D eigenvalue weighted by Gasteiger charge is 2.43. The molecule has 21 heavy (non-hydrogen) atoms. The molecule has 0 saturated carbocycles. The van der Waals surface area contributed by atoms with Gasteiger partial charge in [-0.05, 0) is 19.3 Å². The number of amides is 1. The van der Waals surface area contributed by atoms with E-state index in [4.69, 9.17) is 10.8 Å². The number of nitrogens with zero attached hydrogens (tertiary/aromatic N) is 1. The molecule has 0 aromatic heterocycles. The standard InChI is InChI=1S/C13H24N2O5S/c1-3-13(4-2,9-14)12(18)15(7-11(16)17)10-5-6-21(19,20)8-10/h10H,3-9,14H2,1-2H3,(H,16,17). The number of hydrogen-bond acceptors (Lipinski definition) is 5. The lowest BCUT2D eigenvalue weighted by Gasteiger charge is -2.37. The third-order valence-corrected chi connectivity index (χ3v) is 6.16. The third-order valence-electron chi connectivity index (χ3n) is 4.41. The highest BCUT2D eigenvalue weighted by atomic mass is 32.2. The lowest BCUT2D eigenvalue weighted by atomic mass is 9.80. The van der Waals surface area contributed by atoms with Gasteiger partial charge >= 0.3 is 5.97 Å². The molecule has 0 aromatic carbocycles. The van der Waals surface area contributed by atoms with E-state index < -0.39 is 33.8 Å². The van der Waals surface area contributed by atoms with Crippen molar-refractivity contribution in [1.29, 1.82) is 0 Å². The summed E-state index contributed by atoms with van der Waals surface area (Å²) in [5.41, 5.74) is 4.92. The lowest BCUT2D eigenvalue weighted by Crippen LogP contribution is -2.53. The van der Waals surface area contributed by atoms with Crippen molar-refractivity contribution in [2.75, 3.05) is 24.6 Å². The number of carboxylic acid groups (broad SMARTS) is 1. The van der Waals surface area contributed by atoms with Gasteiger partial charge in [-0.15, -0.1) is 0 Å². The normalized spacial score (nSPS) is 21.2. The molecule has 1 fully saturated rings. The first kappa shape index (κ1) is 17.9. The molecule has 0 aliphatic carbocycles. The molecule has 1 unspecified atom stereocenters. The molecule has 0 spiro atoms. The van der Waals surface area contributed by atoms with Crippen LogP contribution in [0, 0.1) is 5.41 Å². The molecule has 8 heteroatoms. The minimum Gasteiger partial charge on any atom is -0.480 e. The van der Waals surface area contributed by atoms with Gasteiger partial charge in [-0.2, -0.15) is 0 Å². The molecular formula is C13H24N2O5S. The predicted octanol–water partition coefficient (Wildman–Crippen LogP) is -0.148. The molecule has 0 bridgehead atoms. The summed E-state index contributed by atoms with van der Waals surface area (Å²) in [6.07, 6.45) is 1.28. The smallest absolute Gasteiger partial charge is 0.323 e. The summed E-state index contributed by atoms with van der Waals surface area (Å²) in [5, 5.41) is 9.03. The first-order valence-electron chi connectivity index (χ1n) is 7.14. The van der Waals surface area contributed by atoms with Crippen molar-refractivity contribution in [3.05, 3.63) is 0 Å². The summed E-state index contributed by atoms with van der Waals surface area (Å²) in [4.78, 5) is 25.0. The number of carboxylic acids is 1. The molecule has 1 heterocycles. The van der Waals surface area contributed by atoms with Gasteiger partial charge < -0.3 is 15.7 Å². The van der Waals surface area contributed by atoms with Crippen molar-refractivity contribution in [3.63, 3.8) is 0 Å². The first-order chi connectivity index (χ1) is 9.71. The quantitative estimate of drug-likeness (QED) is 0.673. The van der Waals surface area contributed by atoms with Crippen LogP contribution in [0.4, 0.5) is 0 Å². The zero-order valence-corrected chi connectivity index (χ0v) is 13.4. The highest BCUT2D eigenvalue weighted by Crippen LogP contribution is 2.30. The van der Waals surface area contributed by atoms with E-state index in [1.54, 1.807) is 0 Å². The minimum absolute atomic E-state index is 0.00502. The average Bonchev–Trinajstić information content (AvgIpc) is 2.78. The van der Waals surface area contributed by atoms with Gasteiger partial charge in [0.25, 0.3) is 0 Å². The first-order valence-corrected chi connectivity index (χ1v) is 8.97. The maximum Gasteiger partial charge on any atom is 0.323 e. The van der Waals surface area contributed by atoms with Crippen LogP contribution in [0.1, 0.15) is 33.1 Å². The number of nitrogens with two attached hydrogens (primary N) is 1. The van der Waals surface area contributed by atoms with Crippen LogP contribution in [0.25, 0.3) is 0 Å². The fourth-order valence-corrected chi connectivity index (χ4v) is 4.50. The molecule has 3 N–H and O–H groups in total. The molecule has 1 saturated heterocycles. The van der Waals surface area contributed by atoms with Gasteiger partial charge in [0.15, 0.2) is 9.84 Å². The molecule has 1 aliphatic rings. The Hall–Kier alpha value is -1.15. The Morgan fingerprint density at radius 1 is 1.33 bits per heavy atom. The molecule has 7 nitrogen and oxygen atoms in total. The molecule has 1 atom stereocenters. The Morgan fingerprint density at radius 3 is 2.24 bits per heavy atom. The van der Waals surface area contributed by atoms with E-state index in [0.29, 0.717) is 12.8 Å². The van der Waals surface area contributed by atoms with Gasteiger partial charge in [-0.3, -0.25) is 9.59 Å². The van der Waals surface area contributed by atoms with E-state index >= 15 is 0 Å². The Morgan fingerprint density at radius 2 is 1.90 bits per heavy atom. The summed E-state index contributed by atoms with van der Waals surface area (Å²) in [6.45, 7) is 3.30. The van der Waals surface area contributed by atoms with Gasteiger partial charge in [0.2, 0.25) is 5.91 Å². The second-order valence-electron chi connectivity index (χ2n) is 5.58. The second kappa shape index (κ2) is 6.74. The van der Waals surface area contributed by atoms with Crippen LogP contribution in [0.3, 0.4) is 0 Å². The third kappa shape index (κ3) is 3.94. The van der Waals surface area contributed by atoms with Crippen LogP contribution < -0.4 is 5.73 Å². The van der Waals surface area contributed by atoms with Crippen molar-refractivity contribution < 1.29 is 23.1 Å². The van der Waals surface area contributed by atoms with Crippen molar-refractivity contribution in [1.82, 2.24) is 4.90 Å². The van der Waals surface area contributed by atoms with Crippen molar-refractivity contribution in [2.24, 2.45) is 11.1 Å². The van der Waals surface area contributed by atoms with Crippen LogP contribution in [-0.2, 0) is 19.4 Å². The maximum atomic E-state index is 12.8. The van der Waals surface area contributed by atoms with E-state index in [1.165, 1.54) is 4.90 Å². The summed E-state index contributed by atoms with van der Waals surface area (Å²) < 4.78 is 23.2. The largest absolute Gasteiger partial charge is 0.480 e. The number of rotatable bonds is 7. The van der Waals surface area contributed by atoms with Crippen LogP contribution in [0.15, 0.2) is 0 Å². The van der Waals surface area contributed by atoms with Gasteiger partial charge in [-0.25, -0.2) is 8.42 Å². The second-order valence-corrected chi connectivity index (χ2v) is 7.80. The van der Waals surface area contributed by atoms with E-state index in [9.17, 15) is 18.0 Å². The number of sulfone groups is 1. The molecule has 0 radical (unpaired) electrons. The Balaban J connectivity index is 3.08. The van der Waals surface area contributed by atoms with Gasteiger partial charge in [0.1, 0.15) is 6.54 Å². The van der Waals surface area contributed by atoms with Crippen LogP contribution in [-0.4, -0.2) is 60.9 Å². The van der Waals surface area contributed by atoms with Gasteiger partial charge in [0.05, 0.1) is 16.9 Å². The van der Waals surface area contributed by atoms with Crippen LogP contribution in [0.5, 0.6) is 0 Å². The van der Waals surface area contributed by atoms with Crippen LogP contribution >= 0.6 is 0 Å². The van der Waals surface area contributed by atoms with E-state index in [1.807, 2.05) is 13.8 Å². The van der Waals surface area contributed by atoms with Gasteiger partial charge in [0, 0.05) is 12.6 Å². The zero-order chi connectivity index (χ0) is 16.3. The minimum atomic E-state index is -3.19. The van der Waals surface area contributed by atoms with Crippen molar-refractivity contribution in [2.45, 2.75) is 39.2 Å². The summed E-state index contributed by atoms with van der Waals surface area (Å²) >= 11 is 0. The molecule has 0 aromatic rings. The number of aliphatic carboxylic acids is 1. The Labute approximate surface area is 125 Å². The molecule has 1 aliphatic heterocycles. The number of carbonyl (C=O) groups is 2. The van der Waals surface area contributed by atoms with E-state index in [-0.39, 0.29) is 30.4 Å². The topological polar surface area (TPSA) is 118 Å². The summed E-state index contributed by atoms with van der Waals surface area (Å²) in [5.74, 6) is -1.67. The van der Waals surface area contributed by atoms with Crippen molar-refractivity contribution in [3.8, 4) is 0 Å². The SMILES string of the molecule is CCC(CC)(CN)C(=O)N(CC(=O)O)C1CCS(=O)(=O)C1. The predicted molar refractivity (Wildman–Crippen MR) is 78.5 cm³/mol. The monoisotopic (exact) mass is 320 g/mol. The molecule has 1 rings (SSSR count). The van der Waals surface area contributed by atoms with Crippen molar-refractivity contribution >= 4 is 21.7 Å². The number of carbonyl (C=O) groups excluding carboxylic acids is 1. The van der Waals surface area contributed by atoms with E-state index in [0.717, 1.165) is 0 Å². The summed E-state index contributed by atoms with van der Waals surface area (Å²) in [6, 6.07) is -0.567. The Kier molecular flexibility index (Phi) is 5.75. The van der Waals surface area contributed by atoms with Gasteiger partial charge in [-0.1, -0.05) is 13.8 Å². The highest BCUT2D eigenvalue weighted by molar-refractivity contribution is 7.91. The zero-order valence-electron chi connectivity index (χ0n) is 12.5. The molecule has 122 valence electrons. The fraction of sp³-hybridized carbons (Fsp3) is 0.846. The summed E-state index contributed by atoms with van der Waals surface area (Å²) in [7, 11) is -3.19. The maximum absolute atomic E-state index is 12.8. The molecular weight excluding hydrogens is 296 g/mol. The molecule has 1 amide bonds. The average molecular weight is 320 g/mol. The van der Waals surface area contributed by atoms with Crippen LogP contribution in [0.2, 0.25) is 0 Å². The Bertz CT molecular complexity index is 490. The fourth-order valence-electron chi connectivity index (χ4n) is 2.77. The van der Waals surface area contributed by atoms with E-state index in [2.05, 4.69) is 0 Å². The lowest BCUT2D eigenvalue weighted by molar-refractivity contribution is -0.152. The number of hydrogen-bond donors (Lipinski definition) is 2.